The standard InChI is InChI=1S/C18H25F2N3O4S/c19-18(20)28(26,27)15-5-6-16(17(11-15)23(24)25)21-14-7-9-22(10-8-14)12-13-3-1-2-4-13/h5-6,11,13-14,18,21H,1-4,7-10,12H2. The first-order chi connectivity index (χ1) is 13.3. The fourth-order valence-electron chi connectivity index (χ4n) is 4.10. The molecule has 2 aliphatic rings. The Morgan fingerprint density at radius 3 is 2.39 bits per heavy atom. The molecule has 0 radical (unpaired) electrons. The Labute approximate surface area is 163 Å². The average Bonchev–Trinajstić information content (AvgIpc) is 3.16. The minimum atomic E-state index is -4.87. The van der Waals surface area contributed by atoms with Crippen LogP contribution in [0.25, 0.3) is 0 Å². The van der Waals surface area contributed by atoms with Crippen LogP contribution in [-0.2, 0) is 9.84 Å². The number of piperidine rings is 1. The minimum absolute atomic E-state index is 0.0242. The summed E-state index contributed by atoms with van der Waals surface area (Å²) in [5.41, 5.74) is -0.345. The summed E-state index contributed by atoms with van der Waals surface area (Å²) in [7, 11) is -4.87. The van der Waals surface area contributed by atoms with E-state index in [1.54, 1.807) is 0 Å². The number of hydrogen-bond acceptors (Lipinski definition) is 6. The van der Waals surface area contributed by atoms with Gasteiger partial charge in [-0.05, 0) is 43.7 Å². The highest BCUT2D eigenvalue weighted by atomic mass is 32.2. The van der Waals surface area contributed by atoms with E-state index in [9.17, 15) is 27.3 Å². The van der Waals surface area contributed by atoms with Crippen LogP contribution in [0.3, 0.4) is 0 Å². The zero-order valence-corrected chi connectivity index (χ0v) is 16.3. The van der Waals surface area contributed by atoms with Gasteiger partial charge in [0.1, 0.15) is 5.69 Å². The van der Waals surface area contributed by atoms with Gasteiger partial charge >= 0.3 is 5.76 Å². The number of nitrogens with one attached hydrogen (secondary N) is 1. The van der Waals surface area contributed by atoms with Crippen LogP contribution in [0.5, 0.6) is 0 Å². The lowest BCUT2D eigenvalue weighted by Gasteiger charge is -2.34. The molecule has 1 saturated carbocycles. The third-order valence-corrected chi connectivity index (χ3v) is 7.05. The Hall–Kier alpha value is -1.81. The van der Waals surface area contributed by atoms with Gasteiger partial charge in [-0.15, -0.1) is 0 Å². The first-order valence-corrected chi connectivity index (χ1v) is 11.1. The first-order valence-electron chi connectivity index (χ1n) is 9.56. The zero-order valence-electron chi connectivity index (χ0n) is 15.5. The summed E-state index contributed by atoms with van der Waals surface area (Å²) in [6.07, 6.45) is 6.84. The van der Waals surface area contributed by atoms with Gasteiger partial charge in [0.05, 0.1) is 9.82 Å². The summed E-state index contributed by atoms with van der Waals surface area (Å²) in [6, 6.07) is 2.93. The van der Waals surface area contributed by atoms with Crippen LogP contribution in [0.2, 0.25) is 0 Å². The predicted molar refractivity (Wildman–Crippen MR) is 101 cm³/mol. The molecular weight excluding hydrogens is 392 g/mol. The molecule has 3 rings (SSSR count). The summed E-state index contributed by atoms with van der Waals surface area (Å²) >= 11 is 0. The number of anilines is 1. The highest BCUT2D eigenvalue weighted by molar-refractivity contribution is 7.91. The molecule has 1 N–H and O–H groups in total. The maximum Gasteiger partial charge on any atom is 0.341 e. The molecule has 28 heavy (non-hydrogen) atoms. The van der Waals surface area contributed by atoms with E-state index in [2.05, 4.69) is 10.2 Å². The molecule has 0 amide bonds. The van der Waals surface area contributed by atoms with Crippen molar-refractivity contribution in [1.82, 2.24) is 4.90 Å². The quantitative estimate of drug-likeness (QED) is 0.538. The lowest BCUT2D eigenvalue weighted by atomic mass is 10.0. The maximum atomic E-state index is 12.7. The number of likely N-dealkylation sites (tertiary alicyclic amines) is 1. The van der Waals surface area contributed by atoms with Crippen LogP contribution in [0.1, 0.15) is 38.5 Å². The highest BCUT2D eigenvalue weighted by Crippen LogP contribution is 2.32. The molecule has 0 atom stereocenters. The zero-order chi connectivity index (χ0) is 20.3. The molecule has 1 aromatic rings. The second kappa shape index (κ2) is 8.69. The lowest BCUT2D eigenvalue weighted by Crippen LogP contribution is -2.41. The Morgan fingerprint density at radius 1 is 1.18 bits per heavy atom. The third kappa shape index (κ3) is 4.78. The van der Waals surface area contributed by atoms with Gasteiger partial charge in [-0.25, -0.2) is 8.42 Å². The van der Waals surface area contributed by atoms with E-state index < -0.39 is 31.1 Å². The number of alkyl halides is 2. The molecule has 1 saturated heterocycles. The molecule has 156 valence electrons. The fraction of sp³-hybridized carbons (Fsp3) is 0.667. The predicted octanol–water partition coefficient (Wildman–Crippen LogP) is 3.66. The van der Waals surface area contributed by atoms with E-state index in [4.69, 9.17) is 0 Å². The van der Waals surface area contributed by atoms with E-state index in [0.29, 0.717) is 6.07 Å². The summed E-state index contributed by atoms with van der Waals surface area (Å²) < 4.78 is 48.6. The molecule has 0 bridgehead atoms. The monoisotopic (exact) mass is 417 g/mol. The van der Waals surface area contributed by atoms with E-state index in [0.717, 1.165) is 44.5 Å². The molecule has 0 aromatic heterocycles. The molecule has 2 fully saturated rings. The van der Waals surface area contributed by atoms with Crippen LogP contribution in [0, 0.1) is 16.0 Å². The number of benzene rings is 1. The Balaban J connectivity index is 1.65. The van der Waals surface area contributed by atoms with E-state index in [1.165, 1.54) is 31.7 Å². The van der Waals surface area contributed by atoms with Crippen molar-refractivity contribution in [3.8, 4) is 0 Å². The number of rotatable bonds is 7. The third-order valence-electron chi connectivity index (χ3n) is 5.67. The van der Waals surface area contributed by atoms with Crippen LogP contribution in [0.4, 0.5) is 20.2 Å². The average molecular weight is 417 g/mol. The molecule has 1 aliphatic heterocycles. The maximum absolute atomic E-state index is 12.7. The van der Waals surface area contributed by atoms with Crippen molar-refractivity contribution >= 4 is 21.2 Å². The molecular formula is C18H25F2N3O4S. The van der Waals surface area contributed by atoms with Crippen molar-refractivity contribution < 1.29 is 22.1 Å². The van der Waals surface area contributed by atoms with Gasteiger partial charge < -0.3 is 10.2 Å². The van der Waals surface area contributed by atoms with Crippen molar-refractivity contribution in [3.63, 3.8) is 0 Å². The van der Waals surface area contributed by atoms with Crippen LogP contribution in [0.15, 0.2) is 23.1 Å². The summed E-state index contributed by atoms with van der Waals surface area (Å²) in [6.45, 7) is 2.91. The van der Waals surface area contributed by atoms with Crippen LogP contribution >= 0.6 is 0 Å². The van der Waals surface area contributed by atoms with Crippen LogP contribution in [-0.4, -0.2) is 49.7 Å². The number of nitro groups is 1. The van der Waals surface area contributed by atoms with Gasteiger partial charge in [0, 0.05) is 31.7 Å². The van der Waals surface area contributed by atoms with Crippen molar-refractivity contribution in [2.45, 2.75) is 55.2 Å². The minimum Gasteiger partial charge on any atom is -0.377 e. The highest BCUT2D eigenvalue weighted by Gasteiger charge is 2.30. The Kier molecular flexibility index (Phi) is 6.49. The number of halogens is 2. The SMILES string of the molecule is O=[N+]([O-])c1cc(S(=O)(=O)C(F)F)ccc1NC1CCN(CC2CCCC2)CC1. The van der Waals surface area contributed by atoms with E-state index >= 15 is 0 Å². The Bertz CT molecular complexity index is 805. The molecule has 0 spiro atoms. The molecule has 10 heteroatoms. The summed E-state index contributed by atoms with van der Waals surface area (Å²) in [4.78, 5) is 12.3. The van der Waals surface area contributed by atoms with Gasteiger partial charge in [-0.1, -0.05) is 12.8 Å². The number of nitrogens with zero attached hydrogens (tertiary/aromatic N) is 2. The van der Waals surface area contributed by atoms with Gasteiger partial charge in [0.25, 0.3) is 5.69 Å². The molecule has 7 nitrogen and oxygen atoms in total. The van der Waals surface area contributed by atoms with Gasteiger partial charge in [-0.2, -0.15) is 8.78 Å². The molecule has 0 unspecified atom stereocenters. The normalized spacial score (nSPS) is 20.0. The fourth-order valence-corrected chi connectivity index (χ4v) is 4.84. The first kappa shape index (κ1) is 20.9. The van der Waals surface area contributed by atoms with Gasteiger partial charge in [0.2, 0.25) is 9.84 Å². The number of sulfone groups is 1. The van der Waals surface area contributed by atoms with Crippen molar-refractivity contribution in [2.24, 2.45) is 5.92 Å². The smallest absolute Gasteiger partial charge is 0.341 e. The second-order valence-electron chi connectivity index (χ2n) is 7.61. The van der Waals surface area contributed by atoms with Crippen molar-refractivity contribution in [2.75, 3.05) is 25.0 Å². The van der Waals surface area contributed by atoms with E-state index in [-0.39, 0.29) is 11.7 Å². The summed E-state index contributed by atoms with van der Waals surface area (Å²) in [5, 5.41) is 14.4. The second-order valence-corrected chi connectivity index (χ2v) is 9.53. The topological polar surface area (TPSA) is 92.5 Å². The molecule has 1 aliphatic carbocycles. The molecule has 1 heterocycles. The van der Waals surface area contributed by atoms with Gasteiger partial charge in [-0.3, -0.25) is 10.1 Å². The van der Waals surface area contributed by atoms with E-state index in [1.807, 2.05) is 0 Å². The number of hydrogen-bond donors (Lipinski definition) is 1. The lowest BCUT2D eigenvalue weighted by molar-refractivity contribution is -0.384. The van der Waals surface area contributed by atoms with Crippen molar-refractivity contribution in [1.29, 1.82) is 0 Å². The number of nitro benzene ring substituents is 1. The van der Waals surface area contributed by atoms with Crippen molar-refractivity contribution in [3.05, 3.63) is 28.3 Å². The van der Waals surface area contributed by atoms with Gasteiger partial charge in [0.15, 0.2) is 0 Å². The molecule has 1 aromatic carbocycles. The summed E-state index contributed by atoms with van der Waals surface area (Å²) in [5.74, 6) is -2.84. The largest absolute Gasteiger partial charge is 0.377 e. The van der Waals surface area contributed by atoms with Crippen LogP contribution < -0.4 is 5.32 Å². The Morgan fingerprint density at radius 2 is 1.82 bits per heavy atom.